The Kier molecular flexibility index (Phi) is 2.70. The molecule has 2 aromatic rings. The van der Waals surface area contributed by atoms with E-state index in [9.17, 15) is 0 Å². The van der Waals surface area contributed by atoms with Gasteiger partial charge in [0.05, 0.1) is 23.7 Å². The molecule has 1 aromatic carbocycles. The third kappa shape index (κ3) is 1.62. The van der Waals surface area contributed by atoms with Gasteiger partial charge in [0, 0.05) is 6.54 Å². The molecule has 2 rings (SSSR count). The van der Waals surface area contributed by atoms with Gasteiger partial charge in [0.2, 0.25) is 0 Å². The van der Waals surface area contributed by atoms with Crippen molar-refractivity contribution in [1.82, 2.24) is 9.55 Å². The van der Waals surface area contributed by atoms with Gasteiger partial charge in [-0.15, -0.1) is 0 Å². The maximum absolute atomic E-state index is 9.05. The SMILES string of the molecule is CCn1c(C(N)CO)nc2ccccc21. The fraction of sp³-hybridized carbons (Fsp3) is 0.364. The van der Waals surface area contributed by atoms with Gasteiger partial charge < -0.3 is 15.4 Å². The highest BCUT2D eigenvalue weighted by molar-refractivity contribution is 5.76. The molecule has 1 aromatic heterocycles. The number of aliphatic hydroxyl groups excluding tert-OH is 1. The summed E-state index contributed by atoms with van der Waals surface area (Å²) >= 11 is 0. The van der Waals surface area contributed by atoms with Gasteiger partial charge in [-0.3, -0.25) is 0 Å². The van der Waals surface area contributed by atoms with E-state index in [1.165, 1.54) is 0 Å². The summed E-state index contributed by atoms with van der Waals surface area (Å²) in [5.41, 5.74) is 7.80. The van der Waals surface area contributed by atoms with E-state index in [1.54, 1.807) is 0 Å². The van der Waals surface area contributed by atoms with E-state index in [0.29, 0.717) is 0 Å². The molecule has 0 saturated carbocycles. The van der Waals surface area contributed by atoms with Crippen molar-refractivity contribution in [1.29, 1.82) is 0 Å². The van der Waals surface area contributed by atoms with Gasteiger partial charge in [0.25, 0.3) is 0 Å². The van der Waals surface area contributed by atoms with Crippen LogP contribution in [0.15, 0.2) is 24.3 Å². The highest BCUT2D eigenvalue weighted by Crippen LogP contribution is 2.19. The van der Waals surface area contributed by atoms with E-state index >= 15 is 0 Å². The first-order chi connectivity index (χ1) is 7.27. The summed E-state index contributed by atoms with van der Waals surface area (Å²) in [6.07, 6.45) is 0. The molecule has 1 heterocycles. The maximum atomic E-state index is 9.05. The van der Waals surface area contributed by atoms with Gasteiger partial charge in [0.1, 0.15) is 5.82 Å². The zero-order valence-corrected chi connectivity index (χ0v) is 8.72. The molecule has 3 N–H and O–H groups in total. The molecule has 80 valence electrons. The Morgan fingerprint density at radius 1 is 1.47 bits per heavy atom. The number of aromatic nitrogens is 2. The molecular weight excluding hydrogens is 190 g/mol. The second-order valence-electron chi connectivity index (χ2n) is 3.49. The minimum Gasteiger partial charge on any atom is -0.394 e. The lowest BCUT2D eigenvalue weighted by Crippen LogP contribution is -2.19. The largest absolute Gasteiger partial charge is 0.394 e. The van der Waals surface area contributed by atoms with E-state index in [-0.39, 0.29) is 6.61 Å². The average molecular weight is 205 g/mol. The van der Waals surface area contributed by atoms with Crippen LogP contribution in [-0.2, 0) is 6.54 Å². The monoisotopic (exact) mass is 205 g/mol. The summed E-state index contributed by atoms with van der Waals surface area (Å²) in [7, 11) is 0. The van der Waals surface area contributed by atoms with Gasteiger partial charge in [-0.2, -0.15) is 0 Å². The number of fused-ring (bicyclic) bond motifs is 1. The Bertz CT molecular complexity index is 464. The van der Waals surface area contributed by atoms with Crippen LogP contribution in [0.1, 0.15) is 18.8 Å². The zero-order chi connectivity index (χ0) is 10.8. The number of aliphatic hydroxyl groups is 1. The average Bonchev–Trinajstić information content (AvgIpc) is 2.66. The molecule has 0 amide bonds. The van der Waals surface area contributed by atoms with E-state index in [0.717, 1.165) is 23.4 Å². The molecule has 0 fully saturated rings. The lowest BCUT2D eigenvalue weighted by molar-refractivity contribution is 0.261. The topological polar surface area (TPSA) is 64.1 Å². The number of nitrogens with zero attached hydrogens (tertiary/aromatic N) is 2. The molecule has 0 saturated heterocycles. The van der Waals surface area contributed by atoms with Crippen molar-refractivity contribution in [3.05, 3.63) is 30.1 Å². The molecule has 0 spiro atoms. The van der Waals surface area contributed by atoms with Crippen molar-refractivity contribution in [3.63, 3.8) is 0 Å². The number of hydrogen-bond acceptors (Lipinski definition) is 3. The Balaban J connectivity index is 2.63. The first-order valence-electron chi connectivity index (χ1n) is 5.09. The molecule has 0 radical (unpaired) electrons. The van der Waals surface area contributed by atoms with Crippen molar-refractivity contribution >= 4 is 11.0 Å². The third-order valence-corrected chi connectivity index (χ3v) is 2.53. The number of para-hydroxylation sites is 2. The summed E-state index contributed by atoms with van der Waals surface area (Å²) in [6.45, 7) is 2.77. The number of benzene rings is 1. The van der Waals surface area contributed by atoms with E-state index in [4.69, 9.17) is 10.8 Å². The van der Waals surface area contributed by atoms with E-state index in [2.05, 4.69) is 4.98 Å². The summed E-state index contributed by atoms with van der Waals surface area (Å²) < 4.78 is 2.04. The first kappa shape index (κ1) is 10.1. The standard InChI is InChI=1S/C11H15N3O/c1-2-14-10-6-4-3-5-9(10)13-11(14)8(12)7-15/h3-6,8,15H,2,7,12H2,1H3. The Hall–Kier alpha value is -1.39. The van der Waals surface area contributed by atoms with Crippen molar-refractivity contribution in [2.75, 3.05) is 6.61 Å². The van der Waals surface area contributed by atoms with Gasteiger partial charge in [-0.25, -0.2) is 4.98 Å². The minimum absolute atomic E-state index is 0.0800. The zero-order valence-electron chi connectivity index (χ0n) is 8.72. The Morgan fingerprint density at radius 2 is 2.20 bits per heavy atom. The number of hydrogen-bond donors (Lipinski definition) is 2. The van der Waals surface area contributed by atoms with E-state index in [1.807, 2.05) is 35.8 Å². The van der Waals surface area contributed by atoms with Crippen LogP contribution in [0.5, 0.6) is 0 Å². The van der Waals surface area contributed by atoms with Crippen LogP contribution in [0.25, 0.3) is 11.0 Å². The highest BCUT2D eigenvalue weighted by atomic mass is 16.3. The van der Waals surface area contributed by atoms with Gasteiger partial charge in [-0.05, 0) is 19.1 Å². The molecule has 15 heavy (non-hydrogen) atoms. The molecule has 0 aliphatic heterocycles. The third-order valence-electron chi connectivity index (χ3n) is 2.53. The molecular formula is C11H15N3O. The van der Waals surface area contributed by atoms with Crippen LogP contribution in [0.4, 0.5) is 0 Å². The highest BCUT2D eigenvalue weighted by Gasteiger charge is 2.14. The first-order valence-corrected chi connectivity index (χ1v) is 5.09. The fourth-order valence-corrected chi connectivity index (χ4v) is 1.79. The van der Waals surface area contributed by atoms with Crippen molar-refractivity contribution < 1.29 is 5.11 Å². The second kappa shape index (κ2) is 4.00. The quantitative estimate of drug-likeness (QED) is 0.787. The molecule has 0 bridgehead atoms. The Labute approximate surface area is 88.3 Å². The molecule has 1 unspecified atom stereocenters. The number of rotatable bonds is 3. The summed E-state index contributed by atoms with van der Waals surface area (Å²) in [5, 5.41) is 9.05. The molecule has 4 nitrogen and oxygen atoms in total. The molecule has 1 atom stereocenters. The van der Waals surface area contributed by atoms with Gasteiger partial charge in [-0.1, -0.05) is 12.1 Å². The van der Waals surface area contributed by atoms with Crippen LogP contribution in [0.2, 0.25) is 0 Å². The van der Waals surface area contributed by atoms with E-state index < -0.39 is 6.04 Å². The molecule has 0 aliphatic rings. The van der Waals surface area contributed by atoms with Crippen LogP contribution >= 0.6 is 0 Å². The van der Waals surface area contributed by atoms with Gasteiger partial charge in [0.15, 0.2) is 0 Å². The minimum atomic E-state index is -0.405. The summed E-state index contributed by atoms with van der Waals surface area (Å²) in [5.74, 6) is 0.751. The van der Waals surface area contributed by atoms with Gasteiger partial charge >= 0.3 is 0 Å². The summed E-state index contributed by atoms with van der Waals surface area (Å²) in [4.78, 5) is 4.43. The Morgan fingerprint density at radius 3 is 2.87 bits per heavy atom. The smallest absolute Gasteiger partial charge is 0.129 e. The molecule has 4 heteroatoms. The number of aryl methyl sites for hydroxylation is 1. The molecule has 0 aliphatic carbocycles. The van der Waals surface area contributed by atoms with Crippen LogP contribution in [0.3, 0.4) is 0 Å². The lowest BCUT2D eigenvalue weighted by Gasteiger charge is -2.10. The predicted octanol–water partition coefficient (Wildman–Crippen LogP) is 1.05. The van der Waals surface area contributed by atoms with Crippen LogP contribution in [0, 0.1) is 0 Å². The lowest BCUT2D eigenvalue weighted by atomic mass is 10.3. The van der Waals surface area contributed by atoms with Crippen molar-refractivity contribution in [2.45, 2.75) is 19.5 Å². The number of nitrogens with two attached hydrogens (primary N) is 1. The second-order valence-corrected chi connectivity index (χ2v) is 3.49. The number of imidazole rings is 1. The predicted molar refractivity (Wildman–Crippen MR) is 59.4 cm³/mol. The van der Waals surface area contributed by atoms with Crippen molar-refractivity contribution in [3.8, 4) is 0 Å². The van der Waals surface area contributed by atoms with Crippen LogP contribution < -0.4 is 5.73 Å². The van der Waals surface area contributed by atoms with Crippen molar-refractivity contribution in [2.24, 2.45) is 5.73 Å². The maximum Gasteiger partial charge on any atom is 0.129 e. The van der Waals surface area contributed by atoms with Crippen LogP contribution in [-0.4, -0.2) is 21.3 Å². The fourth-order valence-electron chi connectivity index (χ4n) is 1.79. The summed E-state index contributed by atoms with van der Waals surface area (Å²) in [6, 6.07) is 7.49. The normalized spacial score (nSPS) is 13.3.